The predicted octanol–water partition coefficient (Wildman–Crippen LogP) is 3.63. The molecule has 4 aliphatic rings. The lowest BCUT2D eigenvalue weighted by atomic mass is 9.78. The topological polar surface area (TPSA) is 195 Å². The first-order valence-corrected chi connectivity index (χ1v) is 16.4. The lowest BCUT2D eigenvalue weighted by Crippen LogP contribution is -2.46. The van der Waals surface area contributed by atoms with Gasteiger partial charge in [0.25, 0.3) is 11.7 Å². The number of methoxy groups -OCH3 is 1. The molecule has 50 heavy (non-hydrogen) atoms. The Bertz CT molecular complexity index is 1720. The van der Waals surface area contributed by atoms with Crippen molar-refractivity contribution in [2.75, 3.05) is 7.11 Å². The van der Waals surface area contributed by atoms with Crippen LogP contribution in [0.2, 0.25) is 0 Å². The van der Waals surface area contributed by atoms with Gasteiger partial charge in [0.2, 0.25) is 5.78 Å². The Morgan fingerprint density at radius 3 is 2.22 bits per heavy atom. The summed E-state index contributed by atoms with van der Waals surface area (Å²) in [6, 6.07) is 0. The number of aliphatic hydroxyl groups excluding tert-OH is 2. The van der Waals surface area contributed by atoms with Gasteiger partial charge in [-0.1, -0.05) is 45.9 Å². The molecular weight excluding hydrogens is 650 g/mol. The van der Waals surface area contributed by atoms with E-state index in [2.05, 4.69) is 5.32 Å². The number of hydrogen-bond acceptors (Lipinski definition) is 12. The zero-order chi connectivity index (χ0) is 37.4. The summed E-state index contributed by atoms with van der Waals surface area (Å²) >= 11 is 0. The van der Waals surface area contributed by atoms with Crippen LogP contribution in [0.3, 0.4) is 0 Å². The highest BCUT2D eigenvalue weighted by Gasteiger charge is 2.51. The van der Waals surface area contributed by atoms with Gasteiger partial charge in [0.05, 0.1) is 47.0 Å². The van der Waals surface area contributed by atoms with Crippen molar-refractivity contribution in [3.63, 3.8) is 0 Å². The van der Waals surface area contributed by atoms with Gasteiger partial charge in [0.1, 0.15) is 17.6 Å². The molecule has 1 aromatic carbocycles. The van der Waals surface area contributed by atoms with E-state index in [-0.39, 0.29) is 28.0 Å². The van der Waals surface area contributed by atoms with E-state index in [0.717, 1.165) is 12.3 Å². The van der Waals surface area contributed by atoms with E-state index >= 15 is 0 Å². The number of rotatable bonds is 2. The van der Waals surface area contributed by atoms with Crippen molar-refractivity contribution in [2.24, 2.45) is 23.7 Å². The van der Waals surface area contributed by atoms with Crippen molar-refractivity contribution >= 4 is 29.2 Å². The van der Waals surface area contributed by atoms with E-state index in [0.29, 0.717) is 0 Å². The van der Waals surface area contributed by atoms with E-state index in [1.165, 1.54) is 47.0 Å². The van der Waals surface area contributed by atoms with Gasteiger partial charge in [0.15, 0.2) is 5.78 Å². The minimum Gasteiger partial charge on any atom is -0.507 e. The van der Waals surface area contributed by atoms with Crippen LogP contribution in [0.15, 0.2) is 47.9 Å². The average molecular weight is 696 g/mol. The number of benzene rings is 1. The third-order valence-corrected chi connectivity index (χ3v) is 9.80. The Balaban J connectivity index is 1.83. The second-order valence-corrected chi connectivity index (χ2v) is 13.4. The molecule has 4 N–H and O–H groups in total. The monoisotopic (exact) mass is 695 g/mol. The smallest absolute Gasteiger partial charge is 0.312 e. The molecule has 0 spiro atoms. The Morgan fingerprint density at radius 1 is 0.940 bits per heavy atom. The molecule has 13 nitrogen and oxygen atoms in total. The molecule has 270 valence electrons. The van der Waals surface area contributed by atoms with Crippen LogP contribution < -0.4 is 10.1 Å². The number of aromatic hydroxyl groups is 1. The molecule has 0 fully saturated rings. The summed E-state index contributed by atoms with van der Waals surface area (Å²) in [4.78, 5) is 66.2. The molecule has 13 heteroatoms. The third kappa shape index (κ3) is 7.03. The molecule has 0 saturated carbocycles. The Kier molecular flexibility index (Phi) is 11.2. The second kappa shape index (κ2) is 14.7. The molecule has 0 radical (unpaired) electrons. The highest BCUT2D eigenvalue weighted by Crippen LogP contribution is 2.47. The number of ketones is 3. The molecular formula is C37H45NO12. The van der Waals surface area contributed by atoms with Gasteiger partial charge in [-0.05, 0) is 19.9 Å². The maximum absolute atomic E-state index is 13.9. The number of carbonyl (C=O) groups is 5. The van der Waals surface area contributed by atoms with Crippen LogP contribution >= 0.6 is 0 Å². The SMILES string of the molecule is CO[C@H]1/C=C/O[C@@]2(C)Oc3c(C)c(O)c4c(c3C2=O)C(=O)C=C(NC(=O)/C(C)=C\C=C\[C@@H](C)[C@H](O)[C@@H](C)[C@H](O)[C@H](C)[C@H](OC(C)=O)[C@H]1C)C4=O. The number of phenolic OH excluding ortho intramolecular Hbond substituents is 1. The maximum Gasteiger partial charge on any atom is 0.312 e. The number of hydrogen-bond donors (Lipinski definition) is 4. The average Bonchev–Trinajstić information content (AvgIpc) is 3.33. The molecule has 1 aliphatic carbocycles. The number of fused-ring (bicyclic) bond motifs is 14. The number of esters is 1. The Morgan fingerprint density at radius 2 is 1.60 bits per heavy atom. The number of nitrogens with one attached hydrogen (secondary N) is 1. The largest absolute Gasteiger partial charge is 0.507 e. The Labute approximate surface area is 290 Å². The van der Waals surface area contributed by atoms with Crippen molar-refractivity contribution in [1.82, 2.24) is 5.32 Å². The van der Waals surface area contributed by atoms with Crippen molar-refractivity contribution in [3.05, 3.63) is 70.2 Å². The highest BCUT2D eigenvalue weighted by atomic mass is 16.7. The van der Waals surface area contributed by atoms with Crippen molar-refractivity contribution in [3.8, 4) is 11.5 Å². The Hall–Kier alpha value is -4.59. The molecule has 0 unspecified atom stereocenters. The summed E-state index contributed by atoms with van der Waals surface area (Å²) in [7, 11) is 1.42. The van der Waals surface area contributed by atoms with Crippen molar-refractivity contribution in [1.29, 1.82) is 0 Å². The maximum atomic E-state index is 13.9. The molecule has 5 bridgehead atoms. The van der Waals surface area contributed by atoms with E-state index in [1.54, 1.807) is 39.8 Å². The summed E-state index contributed by atoms with van der Waals surface area (Å²) < 4.78 is 23.1. The quantitative estimate of drug-likeness (QED) is 0.329. The first kappa shape index (κ1) is 38.2. The fourth-order valence-electron chi connectivity index (χ4n) is 6.62. The van der Waals surface area contributed by atoms with Gasteiger partial charge in [-0.3, -0.25) is 24.0 Å². The fraction of sp³-hybridized carbons (Fsp3) is 0.486. The molecule has 0 aromatic heterocycles. The third-order valence-electron chi connectivity index (χ3n) is 9.80. The van der Waals surface area contributed by atoms with Gasteiger partial charge in [-0.2, -0.15) is 0 Å². The van der Waals surface area contributed by atoms with Crippen LogP contribution in [0.4, 0.5) is 0 Å². The number of aliphatic hydroxyl groups is 2. The minimum atomic E-state index is -2.03. The van der Waals surface area contributed by atoms with Gasteiger partial charge in [-0.25, -0.2) is 0 Å². The summed E-state index contributed by atoms with van der Waals surface area (Å²) in [6.45, 7) is 12.3. The van der Waals surface area contributed by atoms with Crippen LogP contribution in [0.1, 0.15) is 85.1 Å². The number of phenols is 1. The van der Waals surface area contributed by atoms with Gasteiger partial charge in [0, 0.05) is 61.8 Å². The van der Waals surface area contributed by atoms with Crippen LogP contribution in [-0.4, -0.2) is 81.9 Å². The first-order valence-electron chi connectivity index (χ1n) is 16.4. The van der Waals surface area contributed by atoms with Crippen molar-refractivity contribution < 1.29 is 58.2 Å². The van der Waals surface area contributed by atoms with E-state index in [9.17, 15) is 39.3 Å². The second-order valence-electron chi connectivity index (χ2n) is 13.4. The molecule has 3 aliphatic heterocycles. The lowest BCUT2D eigenvalue weighted by molar-refractivity contribution is -0.160. The predicted molar refractivity (Wildman–Crippen MR) is 179 cm³/mol. The van der Waals surface area contributed by atoms with Gasteiger partial charge >= 0.3 is 11.8 Å². The minimum absolute atomic E-state index is 0.00885. The van der Waals surface area contributed by atoms with Crippen LogP contribution in [-0.2, 0) is 23.8 Å². The molecule has 1 amide bonds. The summed E-state index contributed by atoms with van der Waals surface area (Å²) in [6.07, 6.45) is 4.31. The zero-order valence-corrected chi connectivity index (χ0v) is 29.6. The van der Waals surface area contributed by atoms with E-state index in [4.69, 9.17) is 18.9 Å². The number of carbonyl (C=O) groups excluding carboxylic acids is 5. The molecule has 5 rings (SSSR count). The normalized spacial score (nSPS) is 34.5. The molecule has 0 saturated heterocycles. The van der Waals surface area contributed by atoms with E-state index in [1.807, 2.05) is 0 Å². The summed E-state index contributed by atoms with van der Waals surface area (Å²) in [5.41, 5.74) is -1.31. The lowest BCUT2D eigenvalue weighted by Gasteiger charge is -2.38. The zero-order valence-electron chi connectivity index (χ0n) is 29.6. The fourth-order valence-corrected chi connectivity index (χ4v) is 6.62. The van der Waals surface area contributed by atoms with Crippen LogP contribution in [0.25, 0.3) is 0 Å². The summed E-state index contributed by atoms with van der Waals surface area (Å²) in [5, 5.41) is 36.1. The number of Topliss-reactive ketones (excluding diaryl/α,β-unsaturated/α-hetero) is 2. The number of ether oxygens (including phenoxy) is 4. The van der Waals surface area contributed by atoms with E-state index < -0.39 is 100 Å². The first-order chi connectivity index (χ1) is 23.4. The summed E-state index contributed by atoms with van der Waals surface area (Å²) in [5.74, 6) is -8.99. The molecule has 3 heterocycles. The van der Waals surface area contributed by atoms with Crippen LogP contribution in [0, 0.1) is 30.6 Å². The molecule has 1 aromatic rings. The van der Waals surface area contributed by atoms with Crippen LogP contribution in [0.5, 0.6) is 11.5 Å². The number of amides is 1. The molecule has 9 atom stereocenters. The van der Waals surface area contributed by atoms with Crippen molar-refractivity contribution in [2.45, 2.75) is 85.6 Å². The standard InChI is InChI=1S/C37H45NO12/c1-16-11-10-12-17(2)36(46)38-23-15-24(40)26-27(32(23)44)31(43)21(6)34-28(26)35(45)37(8,50-34)48-14-13-25(47-9)18(3)33(49-22(7)39)20(5)30(42)19(4)29(16)41/h10-16,18-20,25,29-30,33,41-43H,1-9H3,(H,38,46)/b11-10+,14-13+,17-12-/t16-,18+,19-,20+,25+,29+,30+,33-,37+/m1/s1. The highest BCUT2D eigenvalue weighted by molar-refractivity contribution is 6.30. The number of allylic oxidation sites excluding steroid dienone is 4. The van der Waals surface area contributed by atoms with Gasteiger partial charge in [-0.15, -0.1) is 0 Å². The van der Waals surface area contributed by atoms with Gasteiger partial charge < -0.3 is 39.6 Å².